The Hall–Kier alpha value is -1.11. The van der Waals surface area contributed by atoms with Gasteiger partial charge in [0.2, 0.25) is 5.91 Å². The van der Waals surface area contributed by atoms with Crippen molar-refractivity contribution < 1.29 is 13.9 Å². The lowest BCUT2D eigenvalue weighted by Gasteiger charge is -2.29. The van der Waals surface area contributed by atoms with Crippen LogP contribution in [0, 0.1) is 5.82 Å². The summed E-state index contributed by atoms with van der Waals surface area (Å²) < 4.78 is 18.7. The smallest absolute Gasteiger partial charge is 0.233 e. The lowest BCUT2D eigenvalue weighted by Crippen LogP contribution is -2.38. The Kier molecular flexibility index (Phi) is 5.33. The van der Waals surface area contributed by atoms with Gasteiger partial charge < -0.3 is 9.64 Å². The third kappa shape index (κ3) is 3.80. The Morgan fingerprint density at radius 2 is 2.09 bits per heavy atom. The molecule has 0 N–H and O–H groups in total. The van der Waals surface area contributed by atoms with Gasteiger partial charge in [0.15, 0.2) is 0 Å². The van der Waals surface area contributed by atoms with E-state index in [1.54, 1.807) is 17.8 Å². The molecule has 1 aromatic carbocycles. The largest absolute Gasteiger partial charge is 0.379 e. The van der Waals surface area contributed by atoms with Crippen molar-refractivity contribution in [3.05, 3.63) is 35.6 Å². The van der Waals surface area contributed by atoms with Crippen LogP contribution in [0.15, 0.2) is 24.3 Å². The zero-order valence-electron chi connectivity index (χ0n) is 12.5. The van der Waals surface area contributed by atoms with Crippen LogP contribution in [0.2, 0.25) is 0 Å². The lowest BCUT2D eigenvalue weighted by molar-refractivity contribution is -0.128. The van der Waals surface area contributed by atoms with E-state index in [0.717, 1.165) is 51.4 Å². The topological polar surface area (TPSA) is 32.8 Å². The van der Waals surface area contributed by atoms with Gasteiger partial charge in [-0.2, -0.15) is 0 Å². The predicted octanol–water partition coefficient (Wildman–Crippen LogP) is 2.12. The van der Waals surface area contributed by atoms with E-state index in [4.69, 9.17) is 4.74 Å². The molecule has 22 heavy (non-hydrogen) atoms. The molecule has 1 atom stereocenters. The summed E-state index contributed by atoms with van der Waals surface area (Å²) in [5.74, 6) is 0.394. The molecule has 2 heterocycles. The standard InChI is InChI=1S/C16H21FN2O2S/c17-14-4-1-3-13(11-14)16-19(15(20)12-22-16)6-2-5-18-7-9-21-10-8-18/h1,3-4,11,16H,2,5-10,12H2. The Labute approximate surface area is 134 Å². The van der Waals surface area contributed by atoms with Crippen molar-refractivity contribution in [2.45, 2.75) is 11.8 Å². The second kappa shape index (κ2) is 7.44. The molecule has 1 aromatic rings. The van der Waals surface area contributed by atoms with Crippen LogP contribution in [0.3, 0.4) is 0 Å². The maximum Gasteiger partial charge on any atom is 0.233 e. The van der Waals surface area contributed by atoms with Crippen molar-refractivity contribution in [3.63, 3.8) is 0 Å². The summed E-state index contributed by atoms with van der Waals surface area (Å²) >= 11 is 1.58. The number of morpholine rings is 1. The van der Waals surface area contributed by atoms with Crippen LogP contribution in [0.4, 0.5) is 4.39 Å². The van der Waals surface area contributed by atoms with Crippen molar-refractivity contribution in [1.82, 2.24) is 9.80 Å². The quantitative estimate of drug-likeness (QED) is 0.831. The number of carbonyl (C=O) groups excluding carboxylic acids is 1. The molecule has 2 aliphatic rings. The van der Waals surface area contributed by atoms with E-state index < -0.39 is 0 Å². The molecule has 1 unspecified atom stereocenters. The van der Waals surface area contributed by atoms with Gasteiger partial charge in [0.1, 0.15) is 11.2 Å². The molecule has 0 saturated carbocycles. The number of amides is 1. The van der Waals surface area contributed by atoms with Gasteiger partial charge in [-0.1, -0.05) is 12.1 Å². The van der Waals surface area contributed by atoms with Gasteiger partial charge in [0.25, 0.3) is 0 Å². The average Bonchev–Trinajstić information content (AvgIpc) is 2.90. The zero-order chi connectivity index (χ0) is 15.4. The molecule has 0 aliphatic carbocycles. The molecule has 2 aliphatic heterocycles. The maximum absolute atomic E-state index is 13.4. The third-order valence-electron chi connectivity index (χ3n) is 4.08. The van der Waals surface area contributed by atoms with Crippen molar-refractivity contribution >= 4 is 17.7 Å². The lowest BCUT2D eigenvalue weighted by atomic mass is 10.2. The highest BCUT2D eigenvalue weighted by atomic mass is 32.2. The van der Waals surface area contributed by atoms with Crippen molar-refractivity contribution in [3.8, 4) is 0 Å². The van der Waals surface area contributed by atoms with Crippen LogP contribution in [-0.4, -0.2) is 60.9 Å². The minimum atomic E-state index is -0.245. The number of rotatable bonds is 5. The van der Waals surface area contributed by atoms with Crippen LogP contribution in [-0.2, 0) is 9.53 Å². The molecular weight excluding hydrogens is 303 g/mol. The fourth-order valence-corrected chi connectivity index (χ4v) is 4.13. The van der Waals surface area contributed by atoms with Crippen LogP contribution in [0.25, 0.3) is 0 Å². The van der Waals surface area contributed by atoms with Crippen LogP contribution in [0.5, 0.6) is 0 Å². The van der Waals surface area contributed by atoms with Gasteiger partial charge in [-0.05, 0) is 24.1 Å². The number of ether oxygens (including phenoxy) is 1. The van der Waals surface area contributed by atoms with E-state index in [9.17, 15) is 9.18 Å². The first-order valence-corrected chi connectivity index (χ1v) is 8.75. The minimum absolute atomic E-state index is 0.0483. The van der Waals surface area contributed by atoms with Gasteiger partial charge in [-0.25, -0.2) is 4.39 Å². The second-order valence-electron chi connectivity index (χ2n) is 5.61. The SMILES string of the molecule is O=C1CSC(c2cccc(F)c2)N1CCCN1CCOCC1. The molecule has 1 amide bonds. The van der Waals surface area contributed by atoms with Gasteiger partial charge >= 0.3 is 0 Å². The molecule has 6 heteroatoms. The molecule has 4 nitrogen and oxygen atoms in total. The summed E-state index contributed by atoms with van der Waals surface area (Å²) in [4.78, 5) is 16.4. The zero-order valence-corrected chi connectivity index (χ0v) is 13.4. The number of thioether (sulfide) groups is 1. The normalized spacial score (nSPS) is 23.2. The number of benzene rings is 1. The highest BCUT2D eigenvalue weighted by Crippen LogP contribution is 2.38. The van der Waals surface area contributed by atoms with E-state index in [1.807, 2.05) is 11.0 Å². The summed E-state index contributed by atoms with van der Waals surface area (Å²) in [7, 11) is 0. The van der Waals surface area contributed by atoms with Gasteiger partial charge in [0, 0.05) is 26.2 Å². The molecule has 0 radical (unpaired) electrons. The van der Waals surface area contributed by atoms with E-state index in [1.165, 1.54) is 12.1 Å². The first-order valence-electron chi connectivity index (χ1n) is 7.71. The number of halogens is 1. The van der Waals surface area contributed by atoms with Crippen molar-refractivity contribution in [1.29, 1.82) is 0 Å². The first kappa shape index (κ1) is 15.8. The highest BCUT2D eigenvalue weighted by molar-refractivity contribution is 8.00. The number of nitrogens with zero attached hydrogens (tertiary/aromatic N) is 2. The van der Waals surface area contributed by atoms with E-state index >= 15 is 0 Å². The molecule has 2 saturated heterocycles. The summed E-state index contributed by atoms with van der Waals surface area (Å²) in [6.45, 7) is 5.24. The maximum atomic E-state index is 13.4. The summed E-state index contributed by atoms with van der Waals surface area (Å²) in [5, 5.41) is -0.0483. The Morgan fingerprint density at radius 3 is 2.86 bits per heavy atom. The van der Waals surface area contributed by atoms with Crippen molar-refractivity contribution in [2.24, 2.45) is 0 Å². The molecule has 0 bridgehead atoms. The monoisotopic (exact) mass is 324 g/mol. The van der Waals surface area contributed by atoms with Gasteiger partial charge in [0.05, 0.1) is 19.0 Å². The Bertz CT molecular complexity index is 523. The average molecular weight is 324 g/mol. The molecule has 120 valence electrons. The molecule has 0 spiro atoms. The summed E-state index contributed by atoms with van der Waals surface area (Å²) in [5.41, 5.74) is 0.877. The minimum Gasteiger partial charge on any atom is -0.379 e. The highest BCUT2D eigenvalue weighted by Gasteiger charge is 2.32. The predicted molar refractivity (Wildman–Crippen MR) is 85.2 cm³/mol. The van der Waals surface area contributed by atoms with Gasteiger partial charge in [-0.3, -0.25) is 9.69 Å². The van der Waals surface area contributed by atoms with Crippen LogP contribution < -0.4 is 0 Å². The van der Waals surface area contributed by atoms with E-state index in [0.29, 0.717) is 5.75 Å². The van der Waals surface area contributed by atoms with E-state index in [-0.39, 0.29) is 17.1 Å². The fraction of sp³-hybridized carbons (Fsp3) is 0.562. The number of carbonyl (C=O) groups is 1. The van der Waals surface area contributed by atoms with Crippen molar-refractivity contribution in [2.75, 3.05) is 45.1 Å². The molecule has 0 aromatic heterocycles. The summed E-state index contributed by atoms with van der Waals surface area (Å²) in [6.07, 6.45) is 0.943. The first-order chi connectivity index (χ1) is 10.7. The van der Waals surface area contributed by atoms with E-state index in [2.05, 4.69) is 4.90 Å². The summed E-state index contributed by atoms with van der Waals surface area (Å²) in [6, 6.07) is 6.58. The van der Waals surface area contributed by atoms with Gasteiger partial charge in [-0.15, -0.1) is 11.8 Å². The van der Waals surface area contributed by atoms with Crippen LogP contribution >= 0.6 is 11.8 Å². The Morgan fingerprint density at radius 1 is 1.27 bits per heavy atom. The fourth-order valence-electron chi connectivity index (χ4n) is 2.92. The third-order valence-corrected chi connectivity index (χ3v) is 5.33. The second-order valence-corrected chi connectivity index (χ2v) is 6.68. The van der Waals surface area contributed by atoms with Crippen LogP contribution in [0.1, 0.15) is 17.4 Å². The molecular formula is C16H21FN2O2S. The number of hydrogen-bond acceptors (Lipinski definition) is 4. The Balaban J connectivity index is 1.56. The number of hydrogen-bond donors (Lipinski definition) is 0. The molecule has 3 rings (SSSR count). The molecule has 2 fully saturated rings.